The third-order valence-electron chi connectivity index (χ3n) is 3.23. The quantitative estimate of drug-likeness (QED) is 0.461. The molecule has 0 aromatic rings. The molecule has 0 fully saturated rings. The van der Waals surface area contributed by atoms with Crippen LogP contribution in [0.15, 0.2) is 12.2 Å². The Morgan fingerprint density at radius 1 is 1.24 bits per heavy atom. The fourth-order valence-corrected chi connectivity index (χ4v) is 2.05. The predicted octanol–water partition coefficient (Wildman–Crippen LogP) is 4.49. The van der Waals surface area contributed by atoms with Crippen molar-refractivity contribution in [2.45, 2.75) is 72.3 Å². The average Bonchev–Trinajstić information content (AvgIpc) is 2.23. The standard InChI is InChI=1S/C15H28O2/c1-7-9-11-13(10-8-2)15(5,6)17-14(16)12(3)4/h13H,3,7-11H2,1-2,4-6H3. The zero-order chi connectivity index (χ0) is 13.5. The smallest absolute Gasteiger partial charge is 0.333 e. The fourth-order valence-electron chi connectivity index (χ4n) is 2.05. The summed E-state index contributed by atoms with van der Waals surface area (Å²) in [6, 6.07) is 0. The lowest BCUT2D eigenvalue weighted by atomic mass is 9.83. The van der Waals surface area contributed by atoms with E-state index in [1.165, 1.54) is 12.8 Å². The summed E-state index contributed by atoms with van der Waals surface area (Å²) in [5.74, 6) is 0.170. The maximum absolute atomic E-state index is 11.6. The number of esters is 1. The number of hydrogen-bond donors (Lipinski definition) is 0. The lowest BCUT2D eigenvalue weighted by Gasteiger charge is -2.34. The molecule has 0 aromatic carbocycles. The first-order valence-corrected chi connectivity index (χ1v) is 6.74. The minimum Gasteiger partial charge on any atom is -0.456 e. The Balaban J connectivity index is 4.57. The van der Waals surface area contributed by atoms with Crippen LogP contribution in [0.25, 0.3) is 0 Å². The van der Waals surface area contributed by atoms with Gasteiger partial charge in [-0.25, -0.2) is 4.79 Å². The molecule has 2 nitrogen and oxygen atoms in total. The highest BCUT2D eigenvalue weighted by Crippen LogP contribution is 2.30. The van der Waals surface area contributed by atoms with E-state index in [1.54, 1.807) is 6.92 Å². The topological polar surface area (TPSA) is 26.3 Å². The van der Waals surface area contributed by atoms with E-state index in [0.717, 1.165) is 19.3 Å². The molecule has 0 N–H and O–H groups in total. The van der Waals surface area contributed by atoms with Crippen LogP contribution in [-0.4, -0.2) is 11.6 Å². The lowest BCUT2D eigenvalue weighted by molar-refractivity contribution is -0.157. The molecule has 1 atom stereocenters. The van der Waals surface area contributed by atoms with Crippen molar-refractivity contribution in [2.75, 3.05) is 0 Å². The van der Waals surface area contributed by atoms with E-state index in [2.05, 4.69) is 20.4 Å². The number of carbonyl (C=O) groups is 1. The number of rotatable bonds is 8. The van der Waals surface area contributed by atoms with Gasteiger partial charge in [-0.1, -0.05) is 39.7 Å². The van der Waals surface area contributed by atoms with Gasteiger partial charge in [0.1, 0.15) is 5.60 Å². The highest BCUT2D eigenvalue weighted by atomic mass is 16.6. The van der Waals surface area contributed by atoms with Crippen molar-refractivity contribution in [1.82, 2.24) is 0 Å². The maximum atomic E-state index is 11.6. The maximum Gasteiger partial charge on any atom is 0.333 e. The summed E-state index contributed by atoms with van der Waals surface area (Å²) in [5, 5.41) is 0. The Hall–Kier alpha value is -0.790. The van der Waals surface area contributed by atoms with Gasteiger partial charge in [0.25, 0.3) is 0 Å². The SMILES string of the molecule is C=C(C)C(=O)OC(C)(C)C(CCC)CCCC. The third-order valence-corrected chi connectivity index (χ3v) is 3.23. The van der Waals surface area contributed by atoms with Crippen LogP contribution in [0.1, 0.15) is 66.7 Å². The highest BCUT2D eigenvalue weighted by molar-refractivity contribution is 5.87. The Kier molecular flexibility index (Phi) is 7.17. The minimum absolute atomic E-state index is 0.271. The Morgan fingerprint density at radius 3 is 2.24 bits per heavy atom. The molecule has 0 amide bonds. The molecular weight excluding hydrogens is 212 g/mol. The normalized spacial score (nSPS) is 13.2. The van der Waals surface area contributed by atoms with Crippen molar-refractivity contribution in [2.24, 2.45) is 5.92 Å². The molecule has 0 aromatic heterocycles. The second kappa shape index (κ2) is 7.52. The van der Waals surface area contributed by atoms with Crippen molar-refractivity contribution < 1.29 is 9.53 Å². The van der Waals surface area contributed by atoms with E-state index in [4.69, 9.17) is 4.74 Å². The molecule has 100 valence electrons. The van der Waals surface area contributed by atoms with Gasteiger partial charge in [-0.05, 0) is 39.5 Å². The van der Waals surface area contributed by atoms with E-state index < -0.39 is 0 Å². The predicted molar refractivity (Wildman–Crippen MR) is 72.9 cm³/mol. The largest absolute Gasteiger partial charge is 0.456 e. The molecule has 0 spiro atoms. The molecule has 0 bridgehead atoms. The molecular formula is C15H28O2. The van der Waals surface area contributed by atoms with E-state index in [-0.39, 0.29) is 11.6 Å². The number of ether oxygens (including phenoxy) is 1. The van der Waals surface area contributed by atoms with Gasteiger partial charge < -0.3 is 4.74 Å². The Morgan fingerprint density at radius 2 is 1.82 bits per heavy atom. The third kappa shape index (κ3) is 5.90. The summed E-state index contributed by atoms with van der Waals surface area (Å²) in [5.41, 5.74) is 0.0881. The first-order chi connectivity index (χ1) is 7.85. The van der Waals surface area contributed by atoms with Crippen LogP contribution in [0.5, 0.6) is 0 Å². The van der Waals surface area contributed by atoms with Gasteiger partial charge in [-0.2, -0.15) is 0 Å². The highest BCUT2D eigenvalue weighted by Gasteiger charge is 2.32. The second-order valence-corrected chi connectivity index (χ2v) is 5.40. The summed E-state index contributed by atoms with van der Waals surface area (Å²) in [4.78, 5) is 11.6. The van der Waals surface area contributed by atoms with Gasteiger partial charge in [-0.3, -0.25) is 0 Å². The van der Waals surface area contributed by atoms with Gasteiger partial charge in [0, 0.05) is 5.57 Å². The van der Waals surface area contributed by atoms with Crippen LogP contribution in [0.2, 0.25) is 0 Å². The molecule has 1 unspecified atom stereocenters. The van der Waals surface area contributed by atoms with Crippen molar-refractivity contribution in [1.29, 1.82) is 0 Å². The van der Waals surface area contributed by atoms with Crippen LogP contribution in [0, 0.1) is 5.92 Å². The molecule has 0 heterocycles. The molecule has 0 aliphatic heterocycles. The Bertz CT molecular complexity index is 254. The first-order valence-electron chi connectivity index (χ1n) is 6.74. The van der Waals surface area contributed by atoms with Crippen molar-refractivity contribution in [3.63, 3.8) is 0 Å². The van der Waals surface area contributed by atoms with Gasteiger partial charge in [0.05, 0.1) is 0 Å². The summed E-state index contributed by atoms with van der Waals surface area (Å²) in [6.07, 6.45) is 5.74. The monoisotopic (exact) mass is 240 g/mol. The van der Waals surface area contributed by atoms with Crippen LogP contribution in [0.3, 0.4) is 0 Å². The molecule has 2 heteroatoms. The molecule has 0 aliphatic rings. The Labute approximate surface area is 106 Å². The first kappa shape index (κ1) is 16.2. The van der Waals surface area contributed by atoms with Gasteiger partial charge >= 0.3 is 5.97 Å². The van der Waals surface area contributed by atoms with Gasteiger partial charge in [-0.15, -0.1) is 0 Å². The fraction of sp³-hybridized carbons (Fsp3) is 0.800. The van der Waals surface area contributed by atoms with Gasteiger partial charge in [0.2, 0.25) is 0 Å². The van der Waals surface area contributed by atoms with Crippen LogP contribution in [-0.2, 0) is 9.53 Å². The molecule has 0 rings (SSSR count). The summed E-state index contributed by atoms with van der Waals surface area (Å²) in [6.45, 7) is 13.7. The van der Waals surface area contributed by atoms with E-state index >= 15 is 0 Å². The number of unbranched alkanes of at least 4 members (excludes halogenated alkanes) is 1. The van der Waals surface area contributed by atoms with E-state index in [0.29, 0.717) is 11.5 Å². The van der Waals surface area contributed by atoms with Crippen LogP contribution < -0.4 is 0 Å². The second-order valence-electron chi connectivity index (χ2n) is 5.40. The summed E-state index contributed by atoms with van der Waals surface area (Å²) < 4.78 is 5.57. The van der Waals surface area contributed by atoms with Gasteiger partial charge in [0.15, 0.2) is 0 Å². The zero-order valence-electron chi connectivity index (χ0n) is 12.1. The molecule has 0 aliphatic carbocycles. The van der Waals surface area contributed by atoms with E-state index in [1.807, 2.05) is 13.8 Å². The lowest BCUT2D eigenvalue weighted by Crippen LogP contribution is -2.37. The molecule has 17 heavy (non-hydrogen) atoms. The number of hydrogen-bond acceptors (Lipinski definition) is 2. The summed E-state index contributed by atoms with van der Waals surface area (Å²) in [7, 11) is 0. The van der Waals surface area contributed by atoms with Crippen LogP contribution >= 0.6 is 0 Å². The average molecular weight is 240 g/mol. The van der Waals surface area contributed by atoms with E-state index in [9.17, 15) is 4.79 Å². The molecule has 0 saturated carbocycles. The van der Waals surface area contributed by atoms with Crippen molar-refractivity contribution >= 4 is 5.97 Å². The van der Waals surface area contributed by atoms with Crippen LogP contribution in [0.4, 0.5) is 0 Å². The molecule has 0 saturated heterocycles. The molecule has 0 radical (unpaired) electrons. The van der Waals surface area contributed by atoms with Crippen molar-refractivity contribution in [3.05, 3.63) is 12.2 Å². The van der Waals surface area contributed by atoms with Crippen molar-refractivity contribution in [3.8, 4) is 0 Å². The zero-order valence-corrected chi connectivity index (χ0v) is 12.1. The summed E-state index contributed by atoms with van der Waals surface area (Å²) >= 11 is 0. The minimum atomic E-state index is -0.388. The number of carbonyl (C=O) groups excluding carboxylic acids is 1.